The van der Waals surface area contributed by atoms with Crippen molar-refractivity contribution in [1.82, 2.24) is 9.80 Å². The first-order valence-corrected chi connectivity index (χ1v) is 9.02. The minimum absolute atomic E-state index is 0.187. The average molecular weight is 371 g/mol. The third kappa shape index (κ3) is 3.48. The molecule has 26 heavy (non-hydrogen) atoms. The number of likely N-dealkylation sites (tertiary alicyclic amines) is 1. The summed E-state index contributed by atoms with van der Waals surface area (Å²) in [5.74, 6) is -1.34. The molecule has 0 atom stereocenters. The number of allylic oxidation sites excluding steroid dienone is 3. The van der Waals surface area contributed by atoms with Gasteiger partial charge in [-0.15, -0.1) is 0 Å². The number of carbonyl (C=O) groups excluding carboxylic acids is 1. The highest BCUT2D eigenvalue weighted by atomic mass is 32.1. The van der Waals surface area contributed by atoms with Gasteiger partial charge in [0.25, 0.3) is 5.91 Å². The van der Waals surface area contributed by atoms with Gasteiger partial charge in [-0.1, -0.05) is 18.2 Å². The maximum absolute atomic E-state index is 13.0. The standard InChI is InChI=1S/C19H21N3O3S/c1-2-20-12-6-9-14(20)10-11-16-18(25)22(15-7-4-3-5-8-15)19(26)21(16)13-17(23)24/h3-5,7-8,10-11H,2,6,9,12-13H2,1H3,(H,23,24)/b14-10+,16-11+. The van der Waals surface area contributed by atoms with Crippen molar-refractivity contribution in [3.05, 3.63) is 53.9 Å². The van der Waals surface area contributed by atoms with Gasteiger partial charge in [0.1, 0.15) is 12.2 Å². The lowest BCUT2D eigenvalue weighted by Crippen LogP contribution is -2.35. The van der Waals surface area contributed by atoms with Crippen LogP contribution in [0.25, 0.3) is 0 Å². The number of hydrogen-bond donors (Lipinski definition) is 1. The highest BCUT2D eigenvalue weighted by Gasteiger charge is 2.39. The first-order valence-electron chi connectivity index (χ1n) is 8.61. The fourth-order valence-electron chi connectivity index (χ4n) is 3.27. The molecule has 3 rings (SSSR count). The number of carboxylic acid groups (broad SMARTS) is 1. The zero-order valence-electron chi connectivity index (χ0n) is 14.6. The van der Waals surface area contributed by atoms with Gasteiger partial charge < -0.3 is 14.9 Å². The maximum Gasteiger partial charge on any atom is 0.323 e. The normalized spacial score (nSPS) is 20.7. The van der Waals surface area contributed by atoms with Gasteiger partial charge >= 0.3 is 5.97 Å². The van der Waals surface area contributed by atoms with E-state index in [0.29, 0.717) is 5.69 Å². The molecule has 2 heterocycles. The highest BCUT2D eigenvalue weighted by Crippen LogP contribution is 2.28. The number of anilines is 1. The lowest BCUT2D eigenvalue weighted by molar-refractivity contribution is -0.137. The van der Waals surface area contributed by atoms with Crippen LogP contribution in [0.3, 0.4) is 0 Å². The Morgan fingerprint density at radius 2 is 2.00 bits per heavy atom. The van der Waals surface area contributed by atoms with Crippen molar-refractivity contribution >= 4 is 34.9 Å². The van der Waals surface area contributed by atoms with Crippen LogP contribution in [0, 0.1) is 0 Å². The predicted molar refractivity (Wildman–Crippen MR) is 104 cm³/mol. The summed E-state index contributed by atoms with van der Waals surface area (Å²) in [5, 5.41) is 9.42. The Morgan fingerprint density at radius 3 is 2.65 bits per heavy atom. The Morgan fingerprint density at radius 1 is 1.27 bits per heavy atom. The molecule has 0 radical (unpaired) electrons. The van der Waals surface area contributed by atoms with Gasteiger partial charge in [0.15, 0.2) is 5.11 Å². The van der Waals surface area contributed by atoms with Crippen molar-refractivity contribution in [3.8, 4) is 0 Å². The number of carboxylic acids is 1. The fourth-order valence-corrected chi connectivity index (χ4v) is 3.62. The van der Waals surface area contributed by atoms with E-state index in [4.69, 9.17) is 12.2 Å². The second-order valence-corrected chi connectivity index (χ2v) is 6.50. The first-order chi connectivity index (χ1) is 12.5. The highest BCUT2D eigenvalue weighted by molar-refractivity contribution is 7.80. The number of thiocarbonyl (C=S) groups is 1. The SMILES string of the molecule is CCN1CCC/C1=C\C=C1/C(=O)N(c2ccccc2)C(=S)N1CC(=O)O. The average Bonchev–Trinajstić information content (AvgIpc) is 3.17. The molecule has 7 heteroatoms. The molecule has 2 saturated heterocycles. The van der Waals surface area contributed by atoms with Crippen LogP contribution in [0.15, 0.2) is 53.9 Å². The maximum atomic E-state index is 13.0. The monoisotopic (exact) mass is 371 g/mol. The molecular formula is C19H21N3O3S. The summed E-state index contributed by atoms with van der Waals surface area (Å²) in [6.45, 7) is 3.67. The Bertz CT molecular complexity index is 788. The molecule has 0 aromatic heterocycles. The van der Waals surface area contributed by atoms with E-state index in [2.05, 4.69) is 11.8 Å². The van der Waals surface area contributed by atoms with Crippen molar-refractivity contribution in [3.63, 3.8) is 0 Å². The van der Waals surface area contributed by atoms with E-state index in [1.807, 2.05) is 24.3 Å². The predicted octanol–water partition coefficient (Wildman–Crippen LogP) is 2.59. The molecule has 0 unspecified atom stereocenters. The summed E-state index contributed by atoms with van der Waals surface area (Å²) in [7, 11) is 0. The van der Waals surface area contributed by atoms with E-state index < -0.39 is 5.97 Å². The minimum atomic E-state index is -1.04. The number of aliphatic carboxylic acids is 1. The van der Waals surface area contributed by atoms with Crippen LogP contribution in [-0.4, -0.2) is 51.5 Å². The van der Waals surface area contributed by atoms with Crippen LogP contribution in [0.2, 0.25) is 0 Å². The van der Waals surface area contributed by atoms with Gasteiger partial charge in [0, 0.05) is 18.8 Å². The van der Waals surface area contributed by atoms with Crippen molar-refractivity contribution in [2.45, 2.75) is 19.8 Å². The first kappa shape index (κ1) is 18.1. The third-order valence-corrected chi connectivity index (χ3v) is 4.93. The largest absolute Gasteiger partial charge is 0.480 e. The molecule has 0 spiro atoms. The number of hydrogen-bond acceptors (Lipinski definition) is 4. The molecule has 0 aliphatic carbocycles. The number of amides is 1. The Balaban J connectivity index is 1.97. The van der Waals surface area contributed by atoms with E-state index in [1.54, 1.807) is 18.2 Å². The summed E-state index contributed by atoms with van der Waals surface area (Å²) in [4.78, 5) is 29.3. The van der Waals surface area contributed by atoms with E-state index in [1.165, 1.54) is 9.80 Å². The van der Waals surface area contributed by atoms with Gasteiger partial charge in [-0.25, -0.2) is 0 Å². The van der Waals surface area contributed by atoms with Gasteiger partial charge in [0.2, 0.25) is 0 Å². The molecule has 2 aliphatic rings. The number of carbonyl (C=O) groups is 2. The van der Waals surface area contributed by atoms with Crippen LogP contribution in [0.4, 0.5) is 5.69 Å². The second-order valence-electron chi connectivity index (χ2n) is 6.13. The zero-order chi connectivity index (χ0) is 18.7. The Kier molecular flexibility index (Phi) is 5.37. The topological polar surface area (TPSA) is 64.1 Å². The van der Waals surface area contributed by atoms with E-state index >= 15 is 0 Å². The van der Waals surface area contributed by atoms with Gasteiger partial charge in [-0.3, -0.25) is 14.5 Å². The molecule has 1 N–H and O–H groups in total. The molecule has 0 bridgehead atoms. The molecule has 1 aromatic carbocycles. The molecule has 6 nitrogen and oxygen atoms in total. The number of para-hydroxylation sites is 1. The smallest absolute Gasteiger partial charge is 0.323 e. The van der Waals surface area contributed by atoms with E-state index in [9.17, 15) is 14.7 Å². The molecule has 136 valence electrons. The summed E-state index contributed by atoms with van der Waals surface area (Å²) < 4.78 is 0. The van der Waals surface area contributed by atoms with Crippen LogP contribution < -0.4 is 4.90 Å². The van der Waals surface area contributed by atoms with Crippen molar-refractivity contribution in [2.75, 3.05) is 24.5 Å². The molecular weight excluding hydrogens is 350 g/mol. The van der Waals surface area contributed by atoms with E-state index in [0.717, 1.165) is 31.6 Å². The lowest BCUT2D eigenvalue weighted by Gasteiger charge is -2.18. The molecule has 1 amide bonds. The summed E-state index contributed by atoms with van der Waals surface area (Å²) >= 11 is 5.41. The summed E-state index contributed by atoms with van der Waals surface area (Å²) in [5.41, 5.74) is 2.08. The van der Waals surface area contributed by atoms with Gasteiger partial charge in [-0.05, 0) is 56.3 Å². The minimum Gasteiger partial charge on any atom is -0.480 e. The molecule has 1 aromatic rings. The molecule has 2 aliphatic heterocycles. The number of benzene rings is 1. The van der Waals surface area contributed by atoms with Crippen molar-refractivity contribution in [2.24, 2.45) is 0 Å². The van der Waals surface area contributed by atoms with Crippen molar-refractivity contribution < 1.29 is 14.7 Å². The fraction of sp³-hybridized carbons (Fsp3) is 0.316. The number of nitrogens with zero attached hydrogens (tertiary/aromatic N) is 3. The molecule has 0 saturated carbocycles. The van der Waals surface area contributed by atoms with Crippen LogP contribution in [0.5, 0.6) is 0 Å². The van der Waals surface area contributed by atoms with Crippen LogP contribution in [-0.2, 0) is 9.59 Å². The van der Waals surface area contributed by atoms with Gasteiger partial charge in [0.05, 0.1) is 5.69 Å². The third-order valence-electron chi connectivity index (χ3n) is 4.53. The quantitative estimate of drug-likeness (QED) is 0.634. The Labute approximate surface area is 158 Å². The second kappa shape index (κ2) is 7.70. The lowest BCUT2D eigenvalue weighted by atomic mass is 10.2. The Hall–Kier alpha value is -2.67. The summed E-state index contributed by atoms with van der Waals surface area (Å²) in [6.07, 6.45) is 5.65. The summed E-state index contributed by atoms with van der Waals surface area (Å²) in [6, 6.07) is 9.03. The number of rotatable bonds is 5. The molecule has 2 fully saturated rings. The van der Waals surface area contributed by atoms with Crippen LogP contribution >= 0.6 is 12.2 Å². The van der Waals surface area contributed by atoms with Gasteiger partial charge in [-0.2, -0.15) is 0 Å². The van der Waals surface area contributed by atoms with Crippen molar-refractivity contribution in [1.29, 1.82) is 0 Å². The van der Waals surface area contributed by atoms with Crippen LogP contribution in [0.1, 0.15) is 19.8 Å². The zero-order valence-corrected chi connectivity index (χ0v) is 15.4. The van der Waals surface area contributed by atoms with E-state index in [-0.39, 0.29) is 23.3 Å².